The zero-order chi connectivity index (χ0) is 24.3. The molecule has 1 aliphatic heterocycles. The lowest BCUT2D eigenvalue weighted by Gasteiger charge is -2.24. The minimum Gasteiger partial charge on any atom is -0.493 e. The second-order valence-corrected chi connectivity index (χ2v) is 10.6. The van der Waals surface area contributed by atoms with Gasteiger partial charge in [-0.15, -0.1) is 0 Å². The maximum absolute atomic E-state index is 6.41. The van der Waals surface area contributed by atoms with Crippen LogP contribution in [-0.2, 0) is 15.9 Å². The Balaban J connectivity index is 1.27. The summed E-state index contributed by atoms with van der Waals surface area (Å²) in [4.78, 5) is 13.5. The zero-order valence-electron chi connectivity index (χ0n) is 19.9. The van der Waals surface area contributed by atoms with Gasteiger partial charge in [-0.25, -0.2) is 15.0 Å². The van der Waals surface area contributed by atoms with E-state index >= 15 is 0 Å². The van der Waals surface area contributed by atoms with Crippen LogP contribution < -0.4 is 10.5 Å². The molecule has 1 saturated carbocycles. The Labute approximate surface area is 211 Å². The molecule has 2 aliphatic rings. The SMILES string of the molecule is CCc1ncnc2c1ccn2[C@@H]1C[C@H](COc2ccc3cc(Br)c(N)nc3c2)[C@H]2OC(C)(C)O[C@H]21. The summed E-state index contributed by atoms with van der Waals surface area (Å²) in [5.74, 6) is 0.743. The molecule has 1 aromatic carbocycles. The highest BCUT2D eigenvalue weighted by atomic mass is 79.9. The van der Waals surface area contributed by atoms with Gasteiger partial charge in [0.05, 0.1) is 34.4 Å². The fourth-order valence-electron chi connectivity index (χ4n) is 5.49. The van der Waals surface area contributed by atoms with Crippen molar-refractivity contribution in [3.05, 3.63) is 53.0 Å². The predicted octanol–water partition coefficient (Wildman–Crippen LogP) is 5.05. The van der Waals surface area contributed by atoms with E-state index in [1.54, 1.807) is 6.33 Å². The van der Waals surface area contributed by atoms with Crippen molar-refractivity contribution in [1.82, 2.24) is 19.5 Å². The molecule has 1 aliphatic carbocycles. The second kappa shape index (κ2) is 8.43. The van der Waals surface area contributed by atoms with Crippen LogP contribution in [0, 0.1) is 5.92 Å². The van der Waals surface area contributed by atoms with Crippen molar-refractivity contribution in [3.8, 4) is 5.75 Å². The first-order chi connectivity index (χ1) is 16.8. The van der Waals surface area contributed by atoms with Gasteiger partial charge in [-0.3, -0.25) is 0 Å². The average Bonchev–Trinajstić information content (AvgIpc) is 3.49. The number of nitrogens with two attached hydrogens (primary N) is 1. The number of halogens is 1. The van der Waals surface area contributed by atoms with Crippen LogP contribution in [0.2, 0.25) is 0 Å². The second-order valence-electron chi connectivity index (χ2n) is 9.78. The molecule has 0 spiro atoms. The number of anilines is 1. The highest BCUT2D eigenvalue weighted by Crippen LogP contribution is 2.48. The molecule has 0 radical (unpaired) electrons. The molecule has 2 N–H and O–H groups in total. The van der Waals surface area contributed by atoms with E-state index in [9.17, 15) is 0 Å². The highest BCUT2D eigenvalue weighted by Gasteiger charge is 2.55. The first-order valence-corrected chi connectivity index (χ1v) is 12.8. The van der Waals surface area contributed by atoms with Crippen LogP contribution in [0.15, 0.2) is 47.3 Å². The van der Waals surface area contributed by atoms with E-state index in [0.717, 1.165) is 50.7 Å². The summed E-state index contributed by atoms with van der Waals surface area (Å²) in [6, 6.07) is 10.1. The number of hydrogen-bond acceptors (Lipinski definition) is 7. The van der Waals surface area contributed by atoms with Crippen LogP contribution in [0.5, 0.6) is 5.75 Å². The van der Waals surface area contributed by atoms with Gasteiger partial charge in [0.2, 0.25) is 0 Å². The van der Waals surface area contributed by atoms with Gasteiger partial charge in [-0.1, -0.05) is 6.92 Å². The van der Waals surface area contributed by atoms with Crippen molar-refractivity contribution in [2.75, 3.05) is 12.3 Å². The van der Waals surface area contributed by atoms with Crippen LogP contribution in [-0.4, -0.2) is 44.1 Å². The number of nitrogen functional groups attached to an aromatic ring is 1. The van der Waals surface area contributed by atoms with Crippen molar-refractivity contribution >= 4 is 43.7 Å². The van der Waals surface area contributed by atoms with Crippen molar-refractivity contribution in [3.63, 3.8) is 0 Å². The summed E-state index contributed by atoms with van der Waals surface area (Å²) >= 11 is 3.44. The van der Waals surface area contributed by atoms with Crippen molar-refractivity contribution < 1.29 is 14.2 Å². The number of ether oxygens (including phenoxy) is 3. The van der Waals surface area contributed by atoms with Gasteiger partial charge >= 0.3 is 0 Å². The van der Waals surface area contributed by atoms with E-state index in [4.69, 9.17) is 19.9 Å². The molecule has 4 heterocycles. The van der Waals surface area contributed by atoms with Crippen molar-refractivity contribution in [2.45, 2.75) is 57.6 Å². The molecule has 182 valence electrons. The summed E-state index contributed by atoms with van der Waals surface area (Å²) in [5, 5.41) is 2.10. The van der Waals surface area contributed by atoms with E-state index in [0.29, 0.717) is 12.4 Å². The highest BCUT2D eigenvalue weighted by molar-refractivity contribution is 9.10. The fraction of sp³-hybridized carbons (Fsp3) is 0.423. The summed E-state index contributed by atoms with van der Waals surface area (Å²) in [6.45, 7) is 6.58. The lowest BCUT2D eigenvalue weighted by Crippen LogP contribution is -2.29. The lowest BCUT2D eigenvalue weighted by molar-refractivity contribution is -0.161. The molecule has 8 nitrogen and oxygen atoms in total. The number of nitrogens with zero attached hydrogens (tertiary/aromatic N) is 4. The van der Waals surface area contributed by atoms with Gasteiger partial charge in [-0.2, -0.15) is 0 Å². The quantitative estimate of drug-likeness (QED) is 0.380. The maximum Gasteiger partial charge on any atom is 0.163 e. The maximum atomic E-state index is 6.41. The molecule has 9 heteroatoms. The van der Waals surface area contributed by atoms with Gasteiger partial charge in [0.25, 0.3) is 0 Å². The van der Waals surface area contributed by atoms with E-state index < -0.39 is 5.79 Å². The minimum atomic E-state index is -0.642. The van der Waals surface area contributed by atoms with Crippen LogP contribution >= 0.6 is 15.9 Å². The van der Waals surface area contributed by atoms with Gasteiger partial charge < -0.3 is 24.5 Å². The summed E-state index contributed by atoms with van der Waals surface area (Å²) < 4.78 is 22.1. The number of aryl methyl sites for hydroxylation is 1. The van der Waals surface area contributed by atoms with Gasteiger partial charge in [0, 0.05) is 29.0 Å². The third-order valence-electron chi connectivity index (χ3n) is 7.07. The van der Waals surface area contributed by atoms with Gasteiger partial charge in [0.1, 0.15) is 29.6 Å². The molecule has 0 bridgehead atoms. The number of hydrogen-bond donors (Lipinski definition) is 1. The van der Waals surface area contributed by atoms with Crippen molar-refractivity contribution in [2.24, 2.45) is 5.92 Å². The van der Waals surface area contributed by atoms with E-state index in [-0.39, 0.29) is 24.2 Å². The molecule has 0 amide bonds. The molecule has 2 fully saturated rings. The topological polar surface area (TPSA) is 97.3 Å². The fourth-order valence-corrected chi connectivity index (χ4v) is 5.83. The third kappa shape index (κ3) is 3.95. The Bertz CT molecular complexity index is 1420. The summed E-state index contributed by atoms with van der Waals surface area (Å²) in [6.07, 6.45) is 5.35. The molecule has 4 atom stereocenters. The molecular weight excluding hydrogens is 510 g/mol. The van der Waals surface area contributed by atoms with Crippen LogP contribution in [0.25, 0.3) is 21.9 Å². The molecule has 1 saturated heterocycles. The lowest BCUT2D eigenvalue weighted by atomic mass is 10.1. The largest absolute Gasteiger partial charge is 0.493 e. The Morgan fingerprint density at radius 1 is 1.17 bits per heavy atom. The van der Waals surface area contributed by atoms with E-state index in [2.05, 4.69) is 54.6 Å². The Kier molecular flexibility index (Phi) is 5.47. The zero-order valence-corrected chi connectivity index (χ0v) is 21.5. The molecule has 3 aromatic heterocycles. The number of rotatable bonds is 5. The molecule has 35 heavy (non-hydrogen) atoms. The van der Waals surface area contributed by atoms with Gasteiger partial charge in [0.15, 0.2) is 5.79 Å². The summed E-state index contributed by atoms with van der Waals surface area (Å²) in [7, 11) is 0. The number of pyridine rings is 1. The first-order valence-electron chi connectivity index (χ1n) is 12.0. The third-order valence-corrected chi connectivity index (χ3v) is 7.70. The summed E-state index contributed by atoms with van der Waals surface area (Å²) in [5.41, 5.74) is 8.78. The molecular formula is C26H28BrN5O3. The Morgan fingerprint density at radius 2 is 2.00 bits per heavy atom. The number of fused-ring (bicyclic) bond motifs is 3. The van der Waals surface area contributed by atoms with Crippen LogP contribution in [0.1, 0.15) is 38.9 Å². The molecule has 0 unspecified atom stereocenters. The van der Waals surface area contributed by atoms with Crippen LogP contribution in [0.4, 0.5) is 5.82 Å². The standard InChI is InChI=1S/C26H28BrN5O3/c1-4-19-17-7-8-32(25(17)30-13-29-19)21-10-15(22-23(21)35-26(2,3)34-22)12-33-16-6-5-14-9-18(27)24(28)31-20(14)11-16/h5-9,11,13,15,21-23H,4,10,12H2,1-3H3,(H2,28,31)/t15-,21-,22-,23+/m1/s1. The first kappa shape index (κ1) is 22.7. The smallest absolute Gasteiger partial charge is 0.163 e. The van der Waals surface area contributed by atoms with Crippen molar-refractivity contribution in [1.29, 1.82) is 0 Å². The normalized spacial score (nSPS) is 25.4. The molecule has 6 rings (SSSR count). The average molecular weight is 538 g/mol. The van der Waals surface area contributed by atoms with Gasteiger partial charge in [-0.05, 0) is 66.9 Å². The predicted molar refractivity (Wildman–Crippen MR) is 137 cm³/mol. The van der Waals surface area contributed by atoms with Crippen LogP contribution in [0.3, 0.4) is 0 Å². The Hall–Kier alpha value is -2.75. The van der Waals surface area contributed by atoms with E-state index in [1.807, 2.05) is 38.1 Å². The molecule has 4 aromatic rings. The monoisotopic (exact) mass is 537 g/mol. The van der Waals surface area contributed by atoms with E-state index in [1.165, 1.54) is 0 Å². The minimum absolute atomic E-state index is 0.0647. The number of aromatic nitrogens is 4. The Morgan fingerprint density at radius 3 is 2.83 bits per heavy atom. The number of benzene rings is 1.